The molecule has 0 spiro atoms. The second kappa shape index (κ2) is 7.36. The molecule has 4 aliphatic rings. The summed E-state index contributed by atoms with van der Waals surface area (Å²) in [6.45, 7) is 10.3. The molecule has 0 heterocycles. The van der Waals surface area contributed by atoms with Crippen molar-refractivity contribution in [2.45, 2.75) is 91.3 Å². The second-order valence-electron chi connectivity index (χ2n) is 11.0. The fourth-order valence-electron chi connectivity index (χ4n) is 8.07. The first-order chi connectivity index (χ1) is 14.0. The normalized spacial score (nSPS) is 47.4. The fraction of sp³-hybridized carbons (Fsp3) is 0.840. The first-order valence-electron chi connectivity index (χ1n) is 11.7. The molecule has 0 bridgehead atoms. The highest BCUT2D eigenvalue weighted by atomic mass is 16.6. The molecule has 3 saturated carbocycles. The van der Waals surface area contributed by atoms with E-state index in [4.69, 9.17) is 9.47 Å². The number of aliphatic hydroxyl groups is 1. The standard InChI is InChI=1S/C25H38O5/c1-15-12-18-13-19(28)6-11-25(18,14-29-16(2)26)21-7-9-23(4)20(22(15)21)8-10-24(23,5)30-17(3)27/h13,15,19-22,28H,6-12,14H2,1-5H3/t15-,19+,20+,21+,22+,23+,24+,25-/m1/s1. The molecular formula is C25H38O5. The van der Waals surface area contributed by atoms with Crippen LogP contribution in [0.5, 0.6) is 0 Å². The average Bonchev–Trinajstić information content (AvgIpc) is 2.90. The Balaban J connectivity index is 1.72. The summed E-state index contributed by atoms with van der Waals surface area (Å²) in [5.41, 5.74) is 0.729. The third-order valence-electron chi connectivity index (χ3n) is 9.59. The number of hydrogen-bond acceptors (Lipinski definition) is 5. The van der Waals surface area contributed by atoms with Crippen LogP contribution in [-0.2, 0) is 19.1 Å². The molecule has 0 aromatic carbocycles. The SMILES string of the molecule is CC(=O)OC[C@]12CC[C@H](O)C=C1C[C@@H](C)[C@@H]1[C@@H]2CC[C@@]2(C)[C@H]1CC[C@]2(C)OC(C)=O. The number of aliphatic hydroxyl groups excluding tert-OH is 1. The first-order valence-corrected chi connectivity index (χ1v) is 11.7. The quantitative estimate of drug-likeness (QED) is 0.542. The number of esters is 2. The molecule has 0 amide bonds. The van der Waals surface area contributed by atoms with E-state index in [2.05, 4.69) is 26.8 Å². The molecular weight excluding hydrogens is 380 g/mol. The lowest BCUT2D eigenvalue weighted by molar-refractivity contribution is -0.183. The van der Waals surface area contributed by atoms with Gasteiger partial charge < -0.3 is 14.6 Å². The molecule has 0 aromatic heterocycles. The molecule has 8 atom stereocenters. The zero-order valence-electron chi connectivity index (χ0n) is 19.2. The molecule has 0 saturated heterocycles. The van der Waals surface area contributed by atoms with Gasteiger partial charge in [0, 0.05) is 24.7 Å². The van der Waals surface area contributed by atoms with Crippen LogP contribution in [0.2, 0.25) is 0 Å². The van der Waals surface area contributed by atoms with E-state index in [1.54, 1.807) is 0 Å². The van der Waals surface area contributed by atoms with Crippen LogP contribution in [0.25, 0.3) is 0 Å². The van der Waals surface area contributed by atoms with Crippen LogP contribution in [-0.4, -0.2) is 35.4 Å². The van der Waals surface area contributed by atoms with Gasteiger partial charge in [-0.05, 0) is 75.5 Å². The Hall–Kier alpha value is -1.36. The van der Waals surface area contributed by atoms with Crippen molar-refractivity contribution in [1.82, 2.24) is 0 Å². The maximum Gasteiger partial charge on any atom is 0.303 e. The van der Waals surface area contributed by atoms with Crippen molar-refractivity contribution in [1.29, 1.82) is 0 Å². The fourth-order valence-corrected chi connectivity index (χ4v) is 8.07. The summed E-state index contributed by atoms with van der Waals surface area (Å²) in [6.07, 6.45) is 8.31. The monoisotopic (exact) mass is 418 g/mol. The number of fused-ring (bicyclic) bond motifs is 5. The summed E-state index contributed by atoms with van der Waals surface area (Å²) in [5.74, 6) is 1.55. The van der Waals surface area contributed by atoms with Crippen LogP contribution in [0, 0.1) is 34.5 Å². The highest BCUT2D eigenvalue weighted by Gasteiger charge is 2.66. The number of carbonyl (C=O) groups excluding carboxylic acids is 2. The molecule has 0 aliphatic heterocycles. The molecule has 5 heteroatoms. The Kier molecular flexibility index (Phi) is 5.36. The van der Waals surface area contributed by atoms with E-state index in [1.807, 2.05) is 0 Å². The molecule has 1 N–H and O–H groups in total. The van der Waals surface area contributed by atoms with Crippen molar-refractivity contribution in [2.24, 2.45) is 34.5 Å². The third-order valence-corrected chi connectivity index (χ3v) is 9.59. The minimum atomic E-state index is -0.407. The molecule has 5 nitrogen and oxygen atoms in total. The van der Waals surface area contributed by atoms with Crippen molar-refractivity contribution < 1.29 is 24.2 Å². The summed E-state index contributed by atoms with van der Waals surface area (Å²) in [5, 5.41) is 10.3. The number of carbonyl (C=O) groups is 2. The summed E-state index contributed by atoms with van der Waals surface area (Å²) in [6, 6.07) is 0. The van der Waals surface area contributed by atoms with Crippen molar-refractivity contribution in [3.8, 4) is 0 Å². The molecule has 0 aromatic rings. The van der Waals surface area contributed by atoms with Crippen molar-refractivity contribution >= 4 is 11.9 Å². The smallest absolute Gasteiger partial charge is 0.303 e. The largest absolute Gasteiger partial charge is 0.465 e. The van der Waals surface area contributed by atoms with Gasteiger partial charge in [0.05, 0.1) is 6.10 Å². The zero-order chi connectivity index (χ0) is 21.9. The lowest BCUT2D eigenvalue weighted by Crippen LogP contribution is -2.58. The Morgan fingerprint density at radius 2 is 1.77 bits per heavy atom. The van der Waals surface area contributed by atoms with Crippen LogP contribution in [0.3, 0.4) is 0 Å². The summed E-state index contributed by atoms with van der Waals surface area (Å²) >= 11 is 0. The Morgan fingerprint density at radius 3 is 2.43 bits per heavy atom. The van der Waals surface area contributed by atoms with Gasteiger partial charge in [-0.3, -0.25) is 9.59 Å². The van der Waals surface area contributed by atoms with Crippen LogP contribution in [0.1, 0.15) is 79.6 Å². The minimum Gasteiger partial charge on any atom is -0.465 e. The molecule has 168 valence electrons. The van der Waals surface area contributed by atoms with Crippen molar-refractivity contribution in [3.63, 3.8) is 0 Å². The van der Waals surface area contributed by atoms with Crippen LogP contribution in [0.15, 0.2) is 11.6 Å². The van der Waals surface area contributed by atoms with Gasteiger partial charge in [0.25, 0.3) is 0 Å². The van der Waals surface area contributed by atoms with Gasteiger partial charge >= 0.3 is 11.9 Å². The molecule has 4 rings (SSSR count). The van der Waals surface area contributed by atoms with Crippen LogP contribution in [0.4, 0.5) is 0 Å². The lowest BCUT2D eigenvalue weighted by Gasteiger charge is -2.61. The third kappa shape index (κ3) is 3.14. The summed E-state index contributed by atoms with van der Waals surface area (Å²) < 4.78 is 11.6. The van der Waals surface area contributed by atoms with Gasteiger partial charge in [-0.1, -0.05) is 25.5 Å². The maximum atomic E-state index is 11.9. The summed E-state index contributed by atoms with van der Waals surface area (Å²) in [7, 11) is 0. The molecule has 4 aliphatic carbocycles. The predicted molar refractivity (Wildman–Crippen MR) is 113 cm³/mol. The minimum absolute atomic E-state index is 0.0217. The first kappa shape index (κ1) is 21.9. The number of rotatable bonds is 3. The second-order valence-corrected chi connectivity index (χ2v) is 11.0. The van der Waals surface area contributed by atoms with Gasteiger partial charge in [-0.2, -0.15) is 0 Å². The molecule has 30 heavy (non-hydrogen) atoms. The highest BCUT2D eigenvalue weighted by Crippen LogP contribution is 2.69. The van der Waals surface area contributed by atoms with Crippen molar-refractivity contribution in [3.05, 3.63) is 11.6 Å². The molecule has 0 radical (unpaired) electrons. The van der Waals surface area contributed by atoms with Crippen LogP contribution < -0.4 is 0 Å². The van der Waals surface area contributed by atoms with Gasteiger partial charge in [0.1, 0.15) is 12.2 Å². The predicted octanol–water partition coefficient (Wildman–Crippen LogP) is 4.42. The van der Waals surface area contributed by atoms with E-state index in [0.29, 0.717) is 30.3 Å². The number of hydrogen-bond donors (Lipinski definition) is 1. The van der Waals surface area contributed by atoms with Gasteiger partial charge in [-0.15, -0.1) is 0 Å². The van der Waals surface area contributed by atoms with E-state index in [-0.39, 0.29) is 28.9 Å². The van der Waals surface area contributed by atoms with E-state index in [9.17, 15) is 14.7 Å². The van der Waals surface area contributed by atoms with E-state index < -0.39 is 5.60 Å². The Morgan fingerprint density at radius 1 is 1.07 bits per heavy atom. The Labute approximate surface area is 180 Å². The van der Waals surface area contributed by atoms with E-state index in [1.165, 1.54) is 19.4 Å². The summed E-state index contributed by atoms with van der Waals surface area (Å²) in [4.78, 5) is 23.6. The highest BCUT2D eigenvalue weighted by molar-refractivity contribution is 5.67. The van der Waals surface area contributed by atoms with Gasteiger partial charge in [0.15, 0.2) is 0 Å². The average molecular weight is 419 g/mol. The van der Waals surface area contributed by atoms with Crippen molar-refractivity contribution in [2.75, 3.05) is 6.61 Å². The van der Waals surface area contributed by atoms with Gasteiger partial charge in [-0.25, -0.2) is 0 Å². The lowest BCUT2D eigenvalue weighted by atomic mass is 9.44. The molecule has 3 fully saturated rings. The maximum absolute atomic E-state index is 11.9. The van der Waals surface area contributed by atoms with E-state index >= 15 is 0 Å². The topological polar surface area (TPSA) is 72.8 Å². The van der Waals surface area contributed by atoms with Gasteiger partial charge in [0.2, 0.25) is 0 Å². The Bertz CT molecular complexity index is 759. The molecule has 0 unspecified atom stereocenters. The van der Waals surface area contributed by atoms with E-state index in [0.717, 1.165) is 44.9 Å². The zero-order valence-corrected chi connectivity index (χ0v) is 19.2. The number of ether oxygens (including phenoxy) is 2. The van der Waals surface area contributed by atoms with Crippen LogP contribution >= 0.6 is 0 Å².